The van der Waals surface area contributed by atoms with Crippen molar-refractivity contribution in [1.82, 2.24) is 24.7 Å². The highest BCUT2D eigenvalue weighted by Crippen LogP contribution is 2.19. The number of amides is 2. The zero-order valence-electron chi connectivity index (χ0n) is 14.3. The average Bonchev–Trinajstić information content (AvgIpc) is 2.60. The second-order valence-electron chi connectivity index (χ2n) is 6.34. The average molecular weight is 329 g/mol. The first-order chi connectivity index (χ1) is 11.5. The molecule has 0 radical (unpaired) electrons. The minimum Gasteiger partial charge on any atom is -0.331 e. The van der Waals surface area contributed by atoms with E-state index < -0.39 is 0 Å². The number of aromatic amines is 1. The highest BCUT2D eigenvalue weighted by Gasteiger charge is 2.26. The molecule has 1 aromatic carbocycles. The van der Waals surface area contributed by atoms with Gasteiger partial charge in [0.05, 0.1) is 16.9 Å². The third-order valence-corrected chi connectivity index (χ3v) is 4.54. The molecule has 0 aliphatic carbocycles. The zero-order chi connectivity index (χ0) is 17.3. The second-order valence-corrected chi connectivity index (χ2v) is 6.34. The van der Waals surface area contributed by atoms with E-state index in [9.17, 15) is 9.59 Å². The Bertz CT molecular complexity index is 793. The predicted molar refractivity (Wildman–Crippen MR) is 93.0 cm³/mol. The summed E-state index contributed by atoms with van der Waals surface area (Å²) in [5.41, 5.74) is 0.605. The summed E-state index contributed by atoms with van der Waals surface area (Å²) in [5.74, 6) is 0.672. The molecule has 0 spiro atoms. The predicted octanol–water partition coefficient (Wildman–Crippen LogP) is 1.28. The van der Waals surface area contributed by atoms with Gasteiger partial charge in [0, 0.05) is 40.3 Å². The molecule has 1 aliphatic rings. The minimum atomic E-state index is -0.108. The number of hydrogen-bond acceptors (Lipinski definition) is 4. The van der Waals surface area contributed by atoms with E-state index in [0.717, 1.165) is 13.1 Å². The Hall–Kier alpha value is -2.41. The first kappa shape index (κ1) is 16.4. The van der Waals surface area contributed by atoms with Crippen LogP contribution in [0.5, 0.6) is 0 Å². The fraction of sp³-hybridized carbons (Fsp3) is 0.471. The molecule has 1 N–H and O–H groups in total. The van der Waals surface area contributed by atoms with Gasteiger partial charge in [-0.15, -0.1) is 0 Å². The Morgan fingerprint density at radius 3 is 2.54 bits per heavy atom. The molecule has 7 heteroatoms. The molecule has 0 unspecified atom stereocenters. The molecule has 3 rings (SSSR count). The van der Waals surface area contributed by atoms with Crippen molar-refractivity contribution in [2.24, 2.45) is 0 Å². The van der Waals surface area contributed by atoms with Crippen LogP contribution in [0.2, 0.25) is 0 Å². The molecule has 1 atom stereocenters. The number of nitrogens with one attached hydrogen (secondary N) is 1. The van der Waals surface area contributed by atoms with Gasteiger partial charge in [-0.25, -0.2) is 9.78 Å². The smallest absolute Gasteiger partial charge is 0.319 e. The molecule has 1 aromatic heterocycles. The lowest BCUT2D eigenvalue weighted by Gasteiger charge is -2.38. The lowest BCUT2D eigenvalue weighted by atomic mass is 10.2. The number of piperazine rings is 1. The lowest BCUT2D eigenvalue weighted by Crippen LogP contribution is -2.52. The van der Waals surface area contributed by atoms with Crippen LogP contribution < -0.4 is 5.56 Å². The maximum atomic E-state index is 12.2. The van der Waals surface area contributed by atoms with Crippen LogP contribution in [0.4, 0.5) is 4.79 Å². The van der Waals surface area contributed by atoms with Gasteiger partial charge in [-0.1, -0.05) is 12.1 Å². The van der Waals surface area contributed by atoms with E-state index in [1.807, 2.05) is 30.0 Å². The summed E-state index contributed by atoms with van der Waals surface area (Å²) in [5, 5.41) is 0.606. The second kappa shape index (κ2) is 6.60. The molecule has 24 heavy (non-hydrogen) atoms. The van der Waals surface area contributed by atoms with Crippen molar-refractivity contribution >= 4 is 16.9 Å². The fourth-order valence-electron chi connectivity index (χ4n) is 3.06. The molecule has 1 fully saturated rings. The molecule has 2 aromatic rings. The minimum absolute atomic E-state index is 0.00101. The molecule has 1 aliphatic heterocycles. The summed E-state index contributed by atoms with van der Waals surface area (Å²) in [4.78, 5) is 37.4. The van der Waals surface area contributed by atoms with Crippen molar-refractivity contribution in [2.45, 2.75) is 13.0 Å². The number of urea groups is 1. The number of fused-ring (bicyclic) bond motifs is 1. The third-order valence-electron chi connectivity index (χ3n) is 4.54. The number of rotatable bonds is 2. The van der Waals surface area contributed by atoms with Crippen molar-refractivity contribution in [3.05, 3.63) is 40.4 Å². The summed E-state index contributed by atoms with van der Waals surface area (Å²) < 4.78 is 0. The normalized spacial score (nSPS) is 17.0. The molecular formula is C17H23N5O2. The van der Waals surface area contributed by atoms with Gasteiger partial charge < -0.3 is 14.8 Å². The van der Waals surface area contributed by atoms with Crippen LogP contribution in [0, 0.1) is 0 Å². The summed E-state index contributed by atoms with van der Waals surface area (Å²) in [6.07, 6.45) is 0. The molecule has 2 amide bonds. The highest BCUT2D eigenvalue weighted by molar-refractivity contribution is 5.77. The van der Waals surface area contributed by atoms with Crippen LogP contribution in [-0.4, -0.2) is 71.0 Å². The number of hydrogen-bond donors (Lipinski definition) is 1. The van der Waals surface area contributed by atoms with E-state index in [0.29, 0.717) is 29.8 Å². The monoisotopic (exact) mass is 329 g/mol. The van der Waals surface area contributed by atoms with Crippen LogP contribution in [0.1, 0.15) is 18.8 Å². The highest BCUT2D eigenvalue weighted by atomic mass is 16.2. The number of nitrogens with zero attached hydrogens (tertiary/aromatic N) is 4. The van der Waals surface area contributed by atoms with Crippen molar-refractivity contribution < 1.29 is 4.79 Å². The van der Waals surface area contributed by atoms with E-state index in [4.69, 9.17) is 0 Å². The zero-order valence-corrected chi connectivity index (χ0v) is 14.3. The summed E-state index contributed by atoms with van der Waals surface area (Å²) in [7, 11) is 3.53. The van der Waals surface area contributed by atoms with Gasteiger partial charge in [0.2, 0.25) is 0 Å². The van der Waals surface area contributed by atoms with Crippen molar-refractivity contribution in [2.75, 3.05) is 40.3 Å². The lowest BCUT2D eigenvalue weighted by molar-refractivity contribution is 0.0999. The Labute approximate surface area is 140 Å². The Morgan fingerprint density at radius 1 is 1.21 bits per heavy atom. The number of H-pyrrole nitrogens is 1. The SMILES string of the molecule is C[C@@H](c1nc2ccccc2c(=O)[nH]1)N1CCN(C(=O)N(C)C)CC1. The topological polar surface area (TPSA) is 72.5 Å². The maximum absolute atomic E-state index is 12.2. The Morgan fingerprint density at radius 2 is 1.88 bits per heavy atom. The van der Waals surface area contributed by atoms with E-state index in [1.54, 1.807) is 25.1 Å². The Balaban J connectivity index is 1.75. The fourth-order valence-corrected chi connectivity index (χ4v) is 3.06. The van der Waals surface area contributed by atoms with Crippen LogP contribution in [0.3, 0.4) is 0 Å². The maximum Gasteiger partial charge on any atom is 0.319 e. The van der Waals surface area contributed by atoms with Crippen LogP contribution in [-0.2, 0) is 0 Å². The summed E-state index contributed by atoms with van der Waals surface area (Å²) in [6, 6.07) is 7.40. The van der Waals surface area contributed by atoms with Gasteiger partial charge in [0.25, 0.3) is 5.56 Å². The van der Waals surface area contributed by atoms with Crippen LogP contribution in [0.25, 0.3) is 10.9 Å². The largest absolute Gasteiger partial charge is 0.331 e. The molecule has 128 valence electrons. The van der Waals surface area contributed by atoms with Gasteiger partial charge in [-0.3, -0.25) is 9.69 Å². The van der Waals surface area contributed by atoms with E-state index >= 15 is 0 Å². The Kier molecular flexibility index (Phi) is 4.53. The number of carbonyl (C=O) groups is 1. The standard InChI is InChI=1S/C17H23N5O2/c1-12(21-8-10-22(11-9-21)17(24)20(2)3)15-18-14-7-5-4-6-13(14)16(23)19-15/h4-7,12H,8-11H2,1-3H3,(H,18,19,23)/t12-/m0/s1. The van der Waals surface area contributed by atoms with Gasteiger partial charge >= 0.3 is 6.03 Å². The van der Waals surface area contributed by atoms with Gasteiger partial charge in [0.15, 0.2) is 0 Å². The number of benzene rings is 1. The molecule has 7 nitrogen and oxygen atoms in total. The van der Waals surface area contributed by atoms with Gasteiger partial charge in [-0.2, -0.15) is 0 Å². The first-order valence-electron chi connectivity index (χ1n) is 8.16. The molecule has 2 heterocycles. The van der Waals surface area contributed by atoms with Crippen LogP contribution >= 0.6 is 0 Å². The van der Waals surface area contributed by atoms with Crippen LogP contribution in [0.15, 0.2) is 29.1 Å². The van der Waals surface area contributed by atoms with Crippen molar-refractivity contribution in [3.8, 4) is 0 Å². The van der Waals surface area contributed by atoms with E-state index in [-0.39, 0.29) is 17.6 Å². The van der Waals surface area contributed by atoms with E-state index in [2.05, 4.69) is 14.9 Å². The number of para-hydroxylation sites is 1. The summed E-state index contributed by atoms with van der Waals surface area (Å²) in [6.45, 7) is 4.92. The van der Waals surface area contributed by atoms with Gasteiger partial charge in [-0.05, 0) is 19.1 Å². The van der Waals surface area contributed by atoms with Crippen molar-refractivity contribution in [3.63, 3.8) is 0 Å². The molecular weight excluding hydrogens is 306 g/mol. The molecule has 0 bridgehead atoms. The third kappa shape index (κ3) is 3.12. The van der Waals surface area contributed by atoms with Crippen molar-refractivity contribution in [1.29, 1.82) is 0 Å². The quantitative estimate of drug-likeness (QED) is 0.901. The molecule has 0 saturated carbocycles. The van der Waals surface area contributed by atoms with E-state index in [1.165, 1.54) is 0 Å². The molecule has 1 saturated heterocycles. The van der Waals surface area contributed by atoms with Gasteiger partial charge in [0.1, 0.15) is 5.82 Å². The number of carbonyl (C=O) groups excluding carboxylic acids is 1. The first-order valence-corrected chi connectivity index (χ1v) is 8.16. The summed E-state index contributed by atoms with van der Waals surface area (Å²) >= 11 is 0. The number of aromatic nitrogens is 2.